The van der Waals surface area contributed by atoms with Crippen LogP contribution in [0.2, 0.25) is 0 Å². The molecule has 1 rings (SSSR count). The maximum Gasteiger partial charge on any atom is 0.0599 e. The van der Waals surface area contributed by atoms with Crippen LogP contribution in [0.25, 0.3) is 0 Å². The Hall–Kier alpha value is -0.120. The van der Waals surface area contributed by atoms with E-state index in [-0.39, 0.29) is 0 Å². The maximum absolute atomic E-state index is 5.67. The van der Waals surface area contributed by atoms with Gasteiger partial charge < -0.3 is 15.0 Å². The Morgan fingerprint density at radius 3 is 2.53 bits per heavy atom. The molecule has 3 heteroatoms. The number of piperidine rings is 1. The highest BCUT2D eigenvalue weighted by atomic mass is 16.5. The summed E-state index contributed by atoms with van der Waals surface area (Å²) >= 11 is 0. The van der Waals surface area contributed by atoms with Gasteiger partial charge in [0, 0.05) is 19.7 Å². The van der Waals surface area contributed by atoms with Crippen LogP contribution >= 0.6 is 0 Å². The van der Waals surface area contributed by atoms with Gasteiger partial charge >= 0.3 is 0 Å². The van der Waals surface area contributed by atoms with E-state index in [4.69, 9.17) is 4.74 Å². The van der Waals surface area contributed by atoms with Crippen LogP contribution in [0.15, 0.2) is 0 Å². The number of unbranched alkanes of at least 4 members (excludes halogenated alkanes) is 2. The normalized spacial score (nSPS) is 18.7. The molecule has 0 unspecified atom stereocenters. The molecule has 0 atom stereocenters. The van der Waals surface area contributed by atoms with Gasteiger partial charge in [0.2, 0.25) is 0 Å². The molecule has 1 aliphatic rings. The molecule has 1 saturated heterocycles. The highest BCUT2D eigenvalue weighted by Gasteiger charge is 2.18. The average molecular weight is 242 g/mol. The second-order valence-electron chi connectivity index (χ2n) is 4.91. The van der Waals surface area contributed by atoms with Crippen molar-refractivity contribution in [1.82, 2.24) is 10.2 Å². The van der Waals surface area contributed by atoms with E-state index in [1.54, 1.807) is 0 Å². The number of rotatable bonds is 9. The van der Waals surface area contributed by atoms with Crippen LogP contribution in [0.5, 0.6) is 0 Å². The third-order valence-corrected chi connectivity index (χ3v) is 3.51. The molecular weight excluding hydrogens is 212 g/mol. The zero-order valence-electron chi connectivity index (χ0n) is 11.7. The van der Waals surface area contributed by atoms with Crippen molar-refractivity contribution in [1.29, 1.82) is 0 Å². The van der Waals surface area contributed by atoms with Gasteiger partial charge in [0.05, 0.1) is 6.10 Å². The summed E-state index contributed by atoms with van der Waals surface area (Å²) in [7, 11) is 0. The second kappa shape index (κ2) is 9.86. The fourth-order valence-electron chi connectivity index (χ4n) is 2.47. The lowest BCUT2D eigenvalue weighted by atomic mass is 10.1. The summed E-state index contributed by atoms with van der Waals surface area (Å²) in [4.78, 5) is 2.60. The van der Waals surface area contributed by atoms with Crippen LogP contribution in [-0.2, 0) is 4.74 Å². The number of likely N-dealkylation sites (tertiary alicyclic amines) is 1. The molecule has 1 aliphatic heterocycles. The minimum Gasteiger partial charge on any atom is -0.378 e. The molecule has 102 valence electrons. The van der Waals surface area contributed by atoms with Crippen LogP contribution in [0, 0.1) is 0 Å². The number of hydrogen-bond acceptors (Lipinski definition) is 3. The lowest BCUT2D eigenvalue weighted by Gasteiger charge is -2.31. The predicted molar refractivity (Wildman–Crippen MR) is 73.5 cm³/mol. The first-order valence-corrected chi connectivity index (χ1v) is 7.41. The van der Waals surface area contributed by atoms with Crippen molar-refractivity contribution in [2.45, 2.75) is 52.1 Å². The molecule has 1 heterocycles. The molecule has 17 heavy (non-hydrogen) atoms. The van der Waals surface area contributed by atoms with Crippen molar-refractivity contribution in [2.24, 2.45) is 0 Å². The number of ether oxygens (including phenoxy) is 1. The van der Waals surface area contributed by atoms with Crippen molar-refractivity contribution in [3.05, 3.63) is 0 Å². The van der Waals surface area contributed by atoms with Crippen LogP contribution < -0.4 is 5.32 Å². The molecule has 0 amide bonds. The lowest BCUT2D eigenvalue weighted by molar-refractivity contribution is 0.0140. The zero-order chi connectivity index (χ0) is 12.3. The van der Waals surface area contributed by atoms with Crippen LogP contribution in [0.4, 0.5) is 0 Å². The monoisotopic (exact) mass is 242 g/mol. The van der Waals surface area contributed by atoms with Crippen LogP contribution in [0.1, 0.15) is 46.0 Å². The Bertz CT molecular complexity index is 168. The highest BCUT2D eigenvalue weighted by molar-refractivity contribution is 4.72. The summed E-state index contributed by atoms with van der Waals surface area (Å²) in [6.07, 6.45) is 7.02. The van der Waals surface area contributed by atoms with Gasteiger partial charge in [0.1, 0.15) is 0 Å². The maximum atomic E-state index is 5.67. The largest absolute Gasteiger partial charge is 0.378 e. The molecule has 0 aromatic carbocycles. The Morgan fingerprint density at radius 2 is 1.88 bits per heavy atom. The van der Waals surface area contributed by atoms with Crippen LogP contribution in [-0.4, -0.2) is 50.3 Å². The first kappa shape index (κ1) is 14.9. The van der Waals surface area contributed by atoms with Gasteiger partial charge in [-0.3, -0.25) is 0 Å². The molecule has 0 aromatic heterocycles. The van der Waals surface area contributed by atoms with Gasteiger partial charge in [-0.05, 0) is 52.2 Å². The first-order chi connectivity index (χ1) is 8.36. The van der Waals surface area contributed by atoms with Gasteiger partial charge in [-0.25, -0.2) is 0 Å². The number of nitrogens with one attached hydrogen (secondary N) is 1. The lowest BCUT2D eigenvalue weighted by Crippen LogP contribution is -2.37. The third-order valence-electron chi connectivity index (χ3n) is 3.51. The summed E-state index contributed by atoms with van der Waals surface area (Å²) in [6, 6.07) is 0. The van der Waals surface area contributed by atoms with Crippen molar-refractivity contribution in [2.75, 3.05) is 39.3 Å². The molecule has 0 aromatic rings. The number of hydrogen-bond donors (Lipinski definition) is 1. The van der Waals surface area contributed by atoms with E-state index < -0.39 is 0 Å². The van der Waals surface area contributed by atoms with Crippen molar-refractivity contribution >= 4 is 0 Å². The molecular formula is C14H30N2O. The Morgan fingerprint density at radius 1 is 1.12 bits per heavy atom. The predicted octanol–water partition coefficient (Wildman–Crippen LogP) is 2.27. The van der Waals surface area contributed by atoms with E-state index in [2.05, 4.69) is 24.1 Å². The molecule has 1 N–H and O–H groups in total. The van der Waals surface area contributed by atoms with Crippen molar-refractivity contribution in [3.8, 4) is 0 Å². The molecule has 3 nitrogen and oxygen atoms in total. The smallest absolute Gasteiger partial charge is 0.0599 e. The zero-order valence-corrected chi connectivity index (χ0v) is 11.7. The average Bonchev–Trinajstić information content (AvgIpc) is 2.36. The topological polar surface area (TPSA) is 24.5 Å². The molecule has 0 aliphatic carbocycles. The van der Waals surface area contributed by atoms with Crippen LogP contribution in [0.3, 0.4) is 0 Å². The summed E-state index contributed by atoms with van der Waals surface area (Å²) in [5.74, 6) is 0. The minimum absolute atomic E-state index is 0.532. The molecule has 0 bridgehead atoms. The summed E-state index contributed by atoms with van der Waals surface area (Å²) in [6.45, 7) is 11.2. The Kier molecular flexibility index (Phi) is 8.67. The number of nitrogens with zero attached hydrogens (tertiary/aromatic N) is 1. The van der Waals surface area contributed by atoms with Crippen molar-refractivity contribution < 1.29 is 4.74 Å². The Labute approximate surface area is 107 Å². The SMILES string of the molecule is CCNCCCCCN1CCC(OCC)CC1. The fraction of sp³-hybridized carbons (Fsp3) is 1.00. The first-order valence-electron chi connectivity index (χ1n) is 7.41. The van der Waals surface area contributed by atoms with Gasteiger partial charge in [-0.15, -0.1) is 0 Å². The molecule has 1 fully saturated rings. The van der Waals surface area contributed by atoms with Gasteiger partial charge in [0.15, 0.2) is 0 Å². The van der Waals surface area contributed by atoms with E-state index in [1.807, 2.05) is 0 Å². The Balaban J connectivity index is 1.91. The third kappa shape index (κ3) is 7.02. The van der Waals surface area contributed by atoms with E-state index in [1.165, 1.54) is 58.3 Å². The van der Waals surface area contributed by atoms with E-state index >= 15 is 0 Å². The van der Waals surface area contributed by atoms with E-state index in [0.717, 1.165) is 13.2 Å². The summed E-state index contributed by atoms with van der Waals surface area (Å²) in [5.41, 5.74) is 0. The second-order valence-corrected chi connectivity index (χ2v) is 4.91. The van der Waals surface area contributed by atoms with Crippen molar-refractivity contribution in [3.63, 3.8) is 0 Å². The molecule has 0 saturated carbocycles. The minimum atomic E-state index is 0.532. The quantitative estimate of drug-likeness (QED) is 0.628. The fourth-order valence-corrected chi connectivity index (χ4v) is 2.47. The van der Waals surface area contributed by atoms with E-state index in [0.29, 0.717) is 6.10 Å². The summed E-state index contributed by atoms with van der Waals surface area (Å²) in [5, 5.41) is 3.38. The standard InChI is InChI=1S/C14H30N2O/c1-3-15-10-6-5-7-11-16-12-8-14(9-13-16)17-4-2/h14-15H,3-13H2,1-2H3. The van der Waals surface area contributed by atoms with Gasteiger partial charge in [-0.2, -0.15) is 0 Å². The highest BCUT2D eigenvalue weighted by Crippen LogP contribution is 2.14. The molecule has 0 radical (unpaired) electrons. The van der Waals surface area contributed by atoms with Gasteiger partial charge in [-0.1, -0.05) is 13.3 Å². The molecule has 0 spiro atoms. The summed E-state index contributed by atoms with van der Waals surface area (Å²) < 4.78 is 5.67. The van der Waals surface area contributed by atoms with Gasteiger partial charge in [0.25, 0.3) is 0 Å². The van der Waals surface area contributed by atoms with E-state index in [9.17, 15) is 0 Å².